The van der Waals surface area contributed by atoms with Gasteiger partial charge in [0.05, 0.1) is 5.41 Å². The third-order valence-corrected chi connectivity index (χ3v) is 11.2. The molecule has 3 nitrogen and oxygen atoms in total. The zero-order valence-corrected chi connectivity index (χ0v) is 27.8. The van der Waals surface area contributed by atoms with Gasteiger partial charge in [0.25, 0.3) is 0 Å². The van der Waals surface area contributed by atoms with E-state index < -0.39 is 5.41 Å². The Kier molecular flexibility index (Phi) is 6.64. The van der Waals surface area contributed by atoms with E-state index in [1.165, 1.54) is 53.9 Å². The lowest BCUT2D eigenvalue weighted by atomic mass is 9.63. The van der Waals surface area contributed by atoms with Crippen LogP contribution in [0.25, 0.3) is 57.1 Å². The lowest BCUT2D eigenvalue weighted by molar-refractivity contribution is 0.704. The quantitative estimate of drug-likeness (QED) is 0.190. The fraction of sp³-hybridized carbons (Fsp3) is 0.0217. The van der Waals surface area contributed by atoms with E-state index in [9.17, 15) is 0 Å². The molecular weight excluding hydrogens is 627 g/mol. The Morgan fingerprint density at radius 1 is 0.400 bits per heavy atom. The molecule has 1 aliphatic carbocycles. The standard InChI is InChI=1S/C46H29N3S/c1-3-15-33(16-4-1)43-47-44(34-17-5-2-6-18-34)49-45(48-43)35-26-25-32-24-23-31-14-8-10-20-37(31)46(40(32)29-35)38-21-11-12-22-41(38)50-42-36-19-9-7-13-30(36)27-28-39(42)46/h1-29H. The van der Waals surface area contributed by atoms with Crippen LogP contribution in [0.3, 0.4) is 0 Å². The Hall–Kier alpha value is -6.10. The van der Waals surface area contributed by atoms with E-state index in [0.717, 1.165) is 16.7 Å². The predicted molar refractivity (Wildman–Crippen MR) is 205 cm³/mol. The van der Waals surface area contributed by atoms with Crippen molar-refractivity contribution in [3.8, 4) is 34.2 Å². The molecule has 0 fully saturated rings. The maximum absolute atomic E-state index is 5.13. The largest absolute Gasteiger partial charge is 0.208 e. The van der Waals surface area contributed by atoms with Gasteiger partial charge in [-0.15, -0.1) is 0 Å². The van der Waals surface area contributed by atoms with Gasteiger partial charge in [0.15, 0.2) is 17.5 Å². The summed E-state index contributed by atoms with van der Waals surface area (Å²) in [4.78, 5) is 17.8. The van der Waals surface area contributed by atoms with Crippen LogP contribution >= 0.6 is 11.8 Å². The number of rotatable bonds is 3. The second-order valence-electron chi connectivity index (χ2n) is 12.8. The van der Waals surface area contributed by atoms with Crippen LogP contribution in [-0.2, 0) is 5.41 Å². The van der Waals surface area contributed by atoms with E-state index in [1.807, 2.05) is 48.2 Å². The molecule has 234 valence electrons. The van der Waals surface area contributed by atoms with Crippen molar-refractivity contribution in [2.24, 2.45) is 0 Å². The molecule has 2 heterocycles. The van der Waals surface area contributed by atoms with Gasteiger partial charge in [0.2, 0.25) is 0 Å². The molecule has 0 bridgehead atoms. The minimum absolute atomic E-state index is 0.593. The van der Waals surface area contributed by atoms with E-state index in [-0.39, 0.29) is 0 Å². The number of nitrogens with zero attached hydrogens (tertiary/aromatic N) is 3. The van der Waals surface area contributed by atoms with E-state index in [2.05, 4.69) is 140 Å². The highest BCUT2D eigenvalue weighted by atomic mass is 32.2. The molecule has 0 amide bonds. The minimum Gasteiger partial charge on any atom is -0.208 e. The summed E-state index contributed by atoms with van der Waals surface area (Å²) >= 11 is 1.88. The number of fused-ring (bicyclic) bond motifs is 10. The Labute approximate surface area is 295 Å². The first-order chi connectivity index (χ1) is 24.8. The summed E-state index contributed by atoms with van der Waals surface area (Å²) in [6, 6.07) is 58.3. The lowest BCUT2D eigenvalue weighted by Gasteiger charge is -2.43. The highest BCUT2D eigenvalue weighted by molar-refractivity contribution is 7.99. The fourth-order valence-corrected chi connectivity index (χ4v) is 9.09. The Bertz CT molecular complexity index is 2570. The van der Waals surface area contributed by atoms with Gasteiger partial charge in [0.1, 0.15) is 0 Å². The summed E-state index contributed by atoms with van der Waals surface area (Å²) in [7, 11) is 0. The molecule has 0 saturated carbocycles. The van der Waals surface area contributed by atoms with Crippen LogP contribution in [0.4, 0.5) is 0 Å². The first-order valence-corrected chi connectivity index (χ1v) is 17.7. The topological polar surface area (TPSA) is 38.7 Å². The van der Waals surface area contributed by atoms with Gasteiger partial charge in [-0.2, -0.15) is 0 Å². The van der Waals surface area contributed by atoms with Crippen molar-refractivity contribution < 1.29 is 0 Å². The molecule has 1 atom stereocenters. The molecule has 0 N–H and O–H groups in total. The molecule has 0 radical (unpaired) electrons. The summed E-state index contributed by atoms with van der Waals surface area (Å²) in [6.45, 7) is 0. The summed E-state index contributed by atoms with van der Waals surface area (Å²) in [5, 5.41) is 2.52. The first kappa shape index (κ1) is 28.9. The molecular formula is C46H29N3S. The van der Waals surface area contributed by atoms with Gasteiger partial charge in [-0.25, -0.2) is 15.0 Å². The number of aromatic nitrogens is 3. The number of hydrogen-bond donors (Lipinski definition) is 0. The van der Waals surface area contributed by atoms with Crippen molar-refractivity contribution in [3.05, 3.63) is 197 Å². The molecule has 8 aromatic rings. The normalized spacial score (nSPS) is 15.5. The van der Waals surface area contributed by atoms with Crippen molar-refractivity contribution in [1.29, 1.82) is 0 Å². The molecule has 1 aliphatic heterocycles. The van der Waals surface area contributed by atoms with E-state index in [1.54, 1.807) is 0 Å². The predicted octanol–water partition coefficient (Wildman–Crippen LogP) is 11.4. The Balaban J connectivity index is 1.30. The number of benzene rings is 7. The van der Waals surface area contributed by atoms with Crippen molar-refractivity contribution in [1.82, 2.24) is 15.0 Å². The maximum Gasteiger partial charge on any atom is 0.164 e. The molecule has 2 aliphatic rings. The fourth-order valence-electron chi connectivity index (χ4n) is 7.76. The highest BCUT2D eigenvalue weighted by Gasteiger charge is 2.47. The highest BCUT2D eigenvalue weighted by Crippen LogP contribution is 2.59. The van der Waals surface area contributed by atoms with Crippen LogP contribution in [0.1, 0.15) is 33.4 Å². The van der Waals surface area contributed by atoms with E-state index in [4.69, 9.17) is 15.0 Å². The lowest BCUT2D eigenvalue weighted by Crippen LogP contribution is -2.35. The zero-order valence-electron chi connectivity index (χ0n) is 27.0. The minimum atomic E-state index is -0.593. The zero-order chi connectivity index (χ0) is 33.1. The van der Waals surface area contributed by atoms with Crippen molar-refractivity contribution in [2.45, 2.75) is 15.2 Å². The van der Waals surface area contributed by atoms with Gasteiger partial charge >= 0.3 is 0 Å². The summed E-state index contributed by atoms with van der Waals surface area (Å²) < 4.78 is 0. The smallest absolute Gasteiger partial charge is 0.164 e. The molecule has 10 rings (SSSR count). The summed E-state index contributed by atoms with van der Waals surface area (Å²) in [5.74, 6) is 1.95. The second-order valence-corrected chi connectivity index (χ2v) is 13.8. The van der Waals surface area contributed by atoms with Crippen LogP contribution in [0.15, 0.2) is 174 Å². The maximum atomic E-state index is 5.13. The summed E-state index contributed by atoms with van der Waals surface area (Å²) in [5.41, 5.74) is 9.70. The average Bonchev–Trinajstić information content (AvgIpc) is 3.33. The molecule has 50 heavy (non-hydrogen) atoms. The van der Waals surface area contributed by atoms with E-state index >= 15 is 0 Å². The molecule has 4 heteroatoms. The third kappa shape index (κ3) is 4.42. The van der Waals surface area contributed by atoms with Gasteiger partial charge < -0.3 is 0 Å². The molecule has 1 spiro atoms. The van der Waals surface area contributed by atoms with Crippen LogP contribution in [0, 0.1) is 0 Å². The van der Waals surface area contributed by atoms with Gasteiger partial charge in [-0.05, 0) is 56.3 Å². The first-order valence-electron chi connectivity index (χ1n) is 16.9. The average molecular weight is 656 g/mol. The third-order valence-electron chi connectivity index (χ3n) is 10.0. The van der Waals surface area contributed by atoms with Crippen molar-refractivity contribution in [3.63, 3.8) is 0 Å². The SMILES string of the molecule is C1=Cc2ccc(-c3nc(-c4ccccc4)nc(-c4ccccc4)n3)cc2C2(c3ccccc31)c1ccccc1Sc1c2ccc2ccccc12. The molecule has 7 aromatic carbocycles. The van der Waals surface area contributed by atoms with Crippen LogP contribution in [0.5, 0.6) is 0 Å². The van der Waals surface area contributed by atoms with E-state index in [0.29, 0.717) is 17.5 Å². The Morgan fingerprint density at radius 2 is 0.980 bits per heavy atom. The summed E-state index contributed by atoms with van der Waals surface area (Å²) in [6.07, 6.45) is 4.55. The van der Waals surface area contributed by atoms with Gasteiger partial charge in [0, 0.05) is 26.5 Å². The Morgan fingerprint density at radius 3 is 1.72 bits per heavy atom. The van der Waals surface area contributed by atoms with Crippen molar-refractivity contribution in [2.75, 3.05) is 0 Å². The number of hydrogen-bond acceptors (Lipinski definition) is 4. The van der Waals surface area contributed by atoms with Crippen LogP contribution in [-0.4, -0.2) is 15.0 Å². The van der Waals surface area contributed by atoms with Gasteiger partial charge in [-0.3, -0.25) is 0 Å². The monoisotopic (exact) mass is 655 g/mol. The van der Waals surface area contributed by atoms with Crippen LogP contribution < -0.4 is 0 Å². The van der Waals surface area contributed by atoms with Crippen molar-refractivity contribution >= 4 is 34.7 Å². The molecule has 1 aromatic heterocycles. The second kappa shape index (κ2) is 11.5. The molecule has 0 saturated heterocycles. The van der Waals surface area contributed by atoms with Crippen LogP contribution in [0.2, 0.25) is 0 Å². The van der Waals surface area contributed by atoms with Gasteiger partial charge in [-0.1, -0.05) is 176 Å². The molecule has 1 unspecified atom stereocenters.